The van der Waals surface area contributed by atoms with Gasteiger partial charge in [-0.25, -0.2) is 0 Å². The van der Waals surface area contributed by atoms with E-state index in [-0.39, 0.29) is 29.8 Å². The lowest BCUT2D eigenvalue weighted by atomic mass is 9.49. The van der Waals surface area contributed by atoms with E-state index in [1.165, 1.54) is 38.5 Å². The largest absolute Gasteiger partial charge is 0.353 e. The van der Waals surface area contributed by atoms with Gasteiger partial charge in [0.15, 0.2) is 0 Å². The second kappa shape index (κ2) is 6.80. The van der Waals surface area contributed by atoms with Crippen molar-refractivity contribution in [1.82, 2.24) is 16.0 Å². The number of nitrogens with one attached hydrogen (secondary N) is 3. The third kappa shape index (κ3) is 4.06. The van der Waals surface area contributed by atoms with Crippen LogP contribution in [0.5, 0.6) is 0 Å². The van der Waals surface area contributed by atoms with Crippen molar-refractivity contribution in [3.05, 3.63) is 0 Å². The van der Waals surface area contributed by atoms with Crippen LogP contribution in [-0.4, -0.2) is 38.0 Å². The number of likely N-dealkylation sites (N-methyl/N-ethyl adjacent to an activating group) is 1. The molecule has 0 aromatic rings. The Bertz CT molecular complexity index is 428. The van der Waals surface area contributed by atoms with Gasteiger partial charge < -0.3 is 16.0 Å². The molecule has 5 nitrogen and oxygen atoms in total. The molecule has 0 spiro atoms. The van der Waals surface area contributed by atoms with Crippen molar-refractivity contribution in [2.45, 2.75) is 57.9 Å². The van der Waals surface area contributed by atoms with E-state index in [0.717, 1.165) is 17.8 Å². The molecule has 4 saturated carbocycles. The van der Waals surface area contributed by atoms with E-state index < -0.39 is 0 Å². The van der Waals surface area contributed by atoms with Crippen molar-refractivity contribution < 1.29 is 9.59 Å². The highest BCUT2D eigenvalue weighted by Crippen LogP contribution is 2.61. The maximum atomic E-state index is 12.3. The van der Waals surface area contributed by atoms with Gasteiger partial charge in [0, 0.05) is 19.0 Å². The summed E-state index contributed by atoms with van der Waals surface area (Å²) in [5, 5.41) is 8.73. The molecule has 3 N–H and O–H groups in total. The Morgan fingerprint density at radius 1 is 1.00 bits per heavy atom. The molecule has 0 aromatic heterocycles. The molecule has 4 bridgehead atoms. The molecule has 5 heteroatoms. The Labute approximate surface area is 139 Å². The average molecular weight is 321 g/mol. The van der Waals surface area contributed by atoms with Gasteiger partial charge in [0.05, 0.1) is 6.54 Å². The van der Waals surface area contributed by atoms with Crippen LogP contribution in [0.4, 0.5) is 0 Å². The molecule has 0 aliphatic heterocycles. The van der Waals surface area contributed by atoms with Crippen molar-refractivity contribution in [2.75, 3.05) is 20.1 Å². The van der Waals surface area contributed by atoms with Gasteiger partial charge in [-0.2, -0.15) is 0 Å². The van der Waals surface area contributed by atoms with Crippen LogP contribution in [0.3, 0.4) is 0 Å². The summed E-state index contributed by atoms with van der Waals surface area (Å²) in [6.07, 6.45) is 8.51. The van der Waals surface area contributed by atoms with Gasteiger partial charge in [0.1, 0.15) is 0 Å². The fourth-order valence-electron chi connectivity index (χ4n) is 5.52. The summed E-state index contributed by atoms with van der Waals surface area (Å²) in [6.45, 7) is 2.69. The van der Waals surface area contributed by atoms with Gasteiger partial charge in [0.2, 0.25) is 11.8 Å². The lowest BCUT2D eigenvalue weighted by molar-refractivity contribution is -0.131. The van der Waals surface area contributed by atoms with Crippen LogP contribution in [0.2, 0.25) is 0 Å². The fraction of sp³-hybridized carbons (Fsp3) is 0.889. The average Bonchev–Trinajstić information content (AvgIpc) is 2.48. The number of hydrogen-bond acceptors (Lipinski definition) is 3. The molecule has 0 radical (unpaired) electrons. The molecular formula is C18H31N3O2. The molecule has 0 saturated heterocycles. The fourth-order valence-corrected chi connectivity index (χ4v) is 5.52. The summed E-state index contributed by atoms with van der Waals surface area (Å²) in [6, 6.07) is 0.238. The highest BCUT2D eigenvalue weighted by Gasteiger charge is 2.51. The van der Waals surface area contributed by atoms with Crippen molar-refractivity contribution >= 4 is 11.8 Å². The van der Waals surface area contributed by atoms with E-state index in [1.807, 2.05) is 14.0 Å². The molecule has 4 rings (SSSR count). The molecule has 1 atom stereocenters. The molecule has 4 fully saturated rings. The summed E-state index contributed by atoms with van der Waals surface area (Å²) in [4.78, 5) is 24.1. The Morgan fingerprint density at radius 2 is 1.57 bits per heavy atom. The molecule has 1 unspecified atom stereocenters. The van der Waals surface area contributed by atoms with Gasteiger partial charge in [-0.1, -0.05) is 0 Å². The van der Waals surface area contributed by atoms with Gasteiger partial charge in [-0.3, -0.25) is 9.59 Å². The zero-order chi connectivity index (χ0) is 16.4. The summed E-state index contributed by atoms with van der Waals surface area (Å²) in [5.41, 5.74) is 0.246. The standard InChI is InChI=1S/C18H31N3O2/c1-12(19-2)10-20-17(23)11-21-16(22)9-18-6-13-3-14(7-18)5-15(4-13)8-18/h12-15,19H,3-11H2,1-2H3,(H,20,23)(H,21,22). The van der Waals surface area contributed by atoms with E-state index in [1.54, 1.807) is 0 Å². The van der Waals surface area contributed by atoms with Crippen molar-refractivity contribution in [3.8, 4) is 0 Å². The van der Waals surface area contributed by atoms with Gasteiger partial charge in [0.25, 0.3) is 0 Å². The van der Waals surface area contributed by atoms with Gasteiger partial charge in [-0.05, 0) is 75.7 Å². The summed E-state index contributed by atoms with van der Waals surface area (Å²) in [5.74, 6) is 2.54. The second-order valence-corrected chi connectivity index (χ2v) is 8.36. The third-order valence-corrected chi connectivity index (χ3v) is 6.24. The van der Waals surface area contributed by atoms with Crippen LogP contribution in [0.1, 0.15) is 51.9 Å². The molecule has 4 aliphatic rings. The first-order valence-electron chi connectivity index (χ1n) is 9.19. The maximum absolute atomic E-state index is 12.3. The van der Waals surface area contributed by atoms with E-state index in [9.17, 15) is 9.59 Å². The van der Waals surface area contributed by atoms with Crippen molar-refractivity contribution in [3.63, 3.8) is 0 Å². The molecule has 0 heterocycles. The monoisotopic (exact) mass is 321 g/mol. The summed E-state index contributed by atoms with van der Waals surface area (Å²) in [7, 11) is 1.87. The Kier molecular flexibility index (Phi) is 4.95. The predicted molar refractivity (Wildman–Crippen MR) is 89.8 cm³/mol. The van der Waals surface area contributed by atoms with Crippen LogP contribution < -0.4 is 16.0 Å². The van der Waals surface area contributed by atoms with E-state index in [4.69, 9.17) is 0 Å². The summed E-state index contributed by atoms with van der Waals surface area (Å²) >= 11 is 0. The topological polar surface area (TPSA) is 70.2 Å². The first kappa shape index (κ1) is 16.7. The molecule has 0 aromatic carbocycles. The summed E-state index contributed by atoms with van der Waals surface area (Å²) < 4.78 is 0. The lowest BCUT2D eigenvalue weighted by Crippen LogP contribution is -2.48. The molecule has 23 heavy (non-hydrogen) atoms. The maximum Gasteiger partial charge on any atom is 0.239 e. The van der Waals surface area contributed by atoms with Crippen LogP contribution in [0, 0.1) is 23.2 Å². The lowest BCUT2D eigenvalue weighted by Gasteiger charge is -2.56. The Balaban J connectivity index is 1.42. The number of rotatable bonds is 7. The SMILES string of the molecule is CNC(C)CNC(=O)CNC(=O)CC12CC3CC(CC(C3)C1)C2. The third-order valence-electron chi connectivity index (χ3n) is 6.24. The van der Waals surface area contributed by atoms with E-state index >= 15 is 0 Å². The van der Waals surface area contributed by atoms with Crippen LogP contribution in [0.25, 0.3) is 0 Å². The highest BCUT2D eigenvalue weighted by molar-refractivity contribution is 5.84. The van der Waals surface area contributed by atoms with Crippen LogP contribution in [-0.2, 0) is 9.59 Å². The molecule has 130 valence electrons. The number of amides is 2. The quantitative estimate of drug-likeness (QED) is 0.664. The smallest absolute Gasteiger partial charge is 0.239 e. The molecule has 2 amide bonds. The normalized spacial score (nSPS) is 35.8. The highest BCUT2D eigenvalue weighted by atomic mass is 16.2. The van der Waals surface area contributed by atoms with Gasteiger partial charge >= 0.3 is 0 Å². The first-order chi connectivity index (χ1) is 11.0. The Hall–Kier alpha value is -1.10. The second-order valence-electron chi connectivity index (χ2n) is 8.36. The number of carbonyl (C=O) groups excluding carboxylic acids is 2. The van der Waals surface area contributed by atoms with Crippen LogP contribution >= 0.6 is 0 Å². The zero-order valence-electron chi connectivity index (χ0n) is 14.5. The number of carbonyl (C=O) groups is 2. The van der Waals surface area contributed by atoms with E-state index in [2.05, 4.69) is 16.0 Å². The van der Waals surface area contributed by atoms with Crippen molar-refractivity contribution in [2.24, 2.45) is 23.2 Å². The Morgan fingerprint density at radius 3 is 2.09 bits per heavy atom. The predicted octanol–water partition coefficient (Wildman–Crippen LogP) is 1.43. The molecule has 4 aliphatic carbocycles. The minimum absolute atomic E-state index is 0.0590. The van der Waals surface area contributed by atoms with Crippen molar-refractivity contribution in [1.29, 1.82) is 0 Å². The van der Waals surface area contributed by atoms with E-state index in [0.29, 0.717) is 13.0 Å². The molecular weight excluding hydrogens is 290 g/mol. The minimum atomic E-state index is -0.106. The number of hydrogen-bond donors (Lipinski definition) is 3. The first-order valence-corrected chi connectivity index (χ1v) is 9.19. The zero-order valence-corrected chi connectivity index (χ0v) is 14.5. The minimum Gasteiger partial charge on any atom is -0.353 e. The van der Waals surface area contributed by atoms with Crippen LogP contribution in [0.15, 0.2) is 0 Å². The van der Waals surface area contributed by atoms with Gasteiger partial charge in [-0.15, -0.1) is 0 Å².